The minimum Gasteiger partial charge on any atom is -0.339 e. The zero-order chi connectivity index (χ0) is 25.3. The van der Waals surface area contributed by atoms with Crippen molar-refractivity contribution in [1.82, 2.24) is 14.1 Å². The van der Waals surface area contributed by atoms with Crippen molar-refractivity contribution >= 4 is 38.2 Å². The highest BCUT2D eigenvalue weighted by atomic mass is 32.2. The first-order valence-corrected chi connectivity index (χ1v) is 15.2. The van der Waals surface area contributed by atoms with Gasteiger partial charge in [-0.15, -0.1) is 11.3 Å². The summed E-state index contributed by atoms with van der Waals surface area (Å²) in [6, 6.07) is 6.11. The van der Waals surface area contributed by atoms with E-state index in [-0.39, 0.29) is 16.7 Å². The number of sulfonamides is 1. The standard InChI is InChI=1S/C26H34N4O4S2/c1-2-12-28-17-11-21-22(18-28)35-25(23(21)26(32)29-13-3-4-14-29)27-24(31)19-7-9-20(10-8-19)36(33,34)30-15-5-6-16-30/h7-10H,2-6,11-18H2,1H3,(H,27,31). The highest BCUT2D eigenvalue weighted by Crippen LogP contribution is 2.38. The molecule has 1 aromatic heterocycles. The summed E-state index contributed by atoms with van der Waals surface area (Å²) in [5, 5.41) is 3.61. The van der Waals surface area contributed by atoms with Crippen LogP contribution in [-0.2, 0) is 23.0 Å². The predicted molar refractivity (Wildman–Crippen MR) is 141 cm³/mol. The van der Waals surface area contributed by atoms with Gasteiger partial charge in [0.25, 0.3) is 11.8 Å². The zero-order valence-corrected chi connectivity index (χ0v) is 22.4. The number of anilines is 1. The molecular formula is C26H34N4O4S2. The van der Waals surface area contributed by atoms with Crippen LogP contribution in [0.4, 0.5) is 5.00 Å². The molecule has 0 bridgehead atoms. The monoisotopic (exact) mass is 530 g/mol. The summed E-state index contributed by atoms with van der Waals surface area (Å²) < 4.78 is 27.1. The van der Waals surface area contributed by atoms with E-state index in [1.54, 1.807) is 12.1 Å². The fourth-order valence-corrected chi connectivity index (χ4v) is 8.18. The molecule has 5 rings (SSSR count). The second-order valence-electron chi connectivity index (χ2n) is 9.82. The molecule has 36 heavy (non-hydrogen) atoms. The molecule has 3 aliphatic heterocycles. The predicted octanol–water partition coefficient (Wildman–Crippen LogP) is 3.79. The lowest BCUT2D eigenvalue weighted by atomic mass is 10.0. The van der Waals surface area contributed by atoms with Crippen molar-refractivity contribution in [2.24, 2.45) is 0 Å². The van der Waals surface area contributed by atoms with Gasteiger partial charge in [-0.1, -0.05) is 6.92 Å². The van der Waals surface area contributed by atoms with Gasteiger partial charge < -0.3 is 10.2 Å². The molecule has 0 aliphatic carbocycles. The molecule has 2 saturated heterocycles. The van der Waals surface area contributed by atoms with E-state index in [0.717, 1.165) is 81.7 Å². The molecule has 0 radical (unpaired) electrons. The quantitative estimate of drug-likeness (QED) is 0.588. The van der Waals surface area contributed by atoms with Crippen molar-refractivity contribution in [3.63, 3.8) is 0 Å². The fraction of sp³-hybridized carbons (Fsp3) is 0.538. The smallest absolute Gasteiger partial charge is 0.257 e. The van der Waals surface area contributed by atoms with Crippen LogP contribution in [0, 0.1) is 0 Å². The van der Waals surface area contributed by atoms with Gasteiger partial charge in [-0.3, -0.25) is 14.5 Å². The number of carbonyl (C=O) groups excluding carboxylic acids is 2. The van der Waals surface area contributed by atoms with Crippen LogP contribution in [0.15, 0.2) is 29.2 Å². The van der Waals surface area contributed by atoms with E-state index in [2.05, 4.69) is 17.1 Å². The Balaban J connectivity index is 1.39. The second kappa shape index (κ2) is 10.6. The van der Waals surface area contributed by atoms with Gasteiger partial charge >= 0.3 is 0 Å². The molecule has 3 aliphatic rings. The highest BCUT2D eigenvalue weighted by molar-refractivity contribution is 7.89. The molecule has 0 atom stereocenters. The Bertz CT molecular complexity index is 1230. The van der Waals surface area contributed by atoms with Crippen LogP contribution in [0.3, 0.4) is 0 Å². The van der Waals surface area contributed by atoms with Gasteiger partial charge in [-0.05, 0) is 74.9 Å². The first kappa shape index (κ1) is 25.4. The molecule has 2 amide bonds. The molecule has 0 unspecified atom stereocenters. The van der Waals surface area contributed by atoms with Crippen molar-refractivity contribution in [3.8, 4) is 0 Å². The lowest BCUT2D eigenvalue weighted by molar-refractivity contribution is 0.0792. The number of amides is 2. The van der Waals surface area contributed by atoms with E-state index in [9.17, 15) is 18.0 Å². The molecular weight excluding hydrogens is 496 g/mol. The van der Waals surface area contributed by atoms with Crippen molar-refractivity contribution < 1.29 is 18.0 Å². The van der Waals surface area contributed by atoms with Crippen LogP contribution in [0.25, 0.3) is 0 Å². The third-order valence-corrected chi connectivity index (χ3v) is 10.4. The Labute approximate surface area is 217 Å². The summed E-state index contributed by atoms with van der Waals surface area (Å²) in [6.45, 7) is 7.48. The van der Waals surface area contributed by atoms with Crippen molar-refractivity contribution in [2.45, 2.75) is 56.9 Å². The maximum Gasteiger partial charge on any atom is 0.257 e. The Kier molecular flexibility index (Phi) is 7.48. The highest BCUT2D eigenvalue weighted by Gasteiger charge is 2.32. The summed E-state index contributed by atoms with van der Waals surface area (Å²) in [4.78, 5) is 32.4. The van der Waals surface area contributed by atoms with Crippen LogP contribution in [0.5, 0.6) is 0 Å². The maximum atomic E-state index is 13.5. The number of nitrogens with one attached hydrogen (secondary N) is 1. The largest absolute Gasteiger partial charge is 0.339 e. The number of carbonyl (C=O) groups is 2. The normalized spacial score (nSPS) is 19.0. The van der Waals surface area contributed by atoms with Crippen molar-refractivity contribution in [1.29, 1.82) is 0 Å². The van der Waals surface area contributed by atoms with Gasteiger partial charge in [0.05, 0.1) is 10.5 Å². The number of nitrogens with zero attached hydrogens (tertiary/aromatic N) is 3. The third kappa shape index (κ3) is 4.96. The molecule has 0 spiro atoms. The summed E-state index contributed by atoms with van der Waals surface area (Å²) in [7, 11) is -3.53. The summed E-state index contributed by atoms with van der Waals surface area (Å²) in [6.07, 6.45) is 5.65. The molecule has 1 N–H and O–H groups in total. The molecule has 4 heterocycles. The molecule has 194 valence electrons. The number of thiophene rings is 1. The summed E-state index contributed by atoms with van der Waals surface area (Å²) in [5.74, 6) is -0.323. The van der Waals surface area contributed by atoms with Gasteiger partial charge in [0.15, 0.2) is 0 Å². The Morgan fingerprint density at radius 3 is 2.31 bits per heavy atom. The minimum absolute atomic E-state index is 0.0105. The molecule has 1 aromatic carbocycles. The van der Waals surface area contributed by atoms with Crippen LogP contribution in [-0.4, -0.2) is 73.6 Å². The summed E-state index contributed by atoms with van der Waals surface area (Å²) in [5.41, 5.74) is 2.09. The van der Waals surface area contributed by atoms with Crippen molar-refractivity contribution in [2.75, 3.05) is 44.6 Å². The van der Waals surface area contributed by atoms with Gasteiger partial charge in [0.1, 0.15) is 5.00 Å². The van der Waals surface area contributed by atoms with Crippen LogP contribution in [0.2, 0.25) is 0 Å². The van der Waals surface area contributed by atoms with Crippen LogP contribution in [0.1, 0.15) is 70.2 Å². The van der Waals surface area contributed by atoms with E-state index < -0.39 is 10.0 Å². The van der Waals surface area contributed by atoms with Gasteiger partial charge in [-0.25, -0.2) is 8.42 Å². The lowest BCUT2D eigenvalue weighted by Crippen LogP contribution is -2.33. The van der Waals surface area contributed by atoms with E-state index in [4.69, 9.17) is 0 Å². The Morgan fingerprint density at radius 2 is 1.64 bits per heavy atom. The van der Waals surface area contributed by atoms with Gasteiger partial charge in [0.2, 0.25) is 10.0 Å². The van der Waals surface area contributed by atoms with Crippen molar-refractivity contribution in [3.05, 3.63) is 45.8 Å². The Morgan fingerprint density at radius 1 is 0.972 bits per heavy atom. The fourth-order valence-electron chi connectivity index (χ4n) is 5.39. The summed E-state index contributed by atoms with van der Waals surface area (Å²) >= 11 is 1.50. The Hall–Kier alpha value is -2.27. The first-order valence-electron chi connectivity index (χ1n) is 13.0. The number of rotatable bonds is 7. The average molecular weight is 531 g/mol. The third-order valence-electron chi connectivity index (χ3n) is 7.33. The molecule has 10 heteroatoms. The number of fused-ring (bicyclic) bond motifs is 1. The van der Waals surface area contributed by atoms with Crippen LogP contribution >= 0.6 is 11.3 Å². The lowest BCUT2D eigenvalue weighted by Gasteiger charge is -2.27. The van der Waals surface area contributed by atoms with Gasteiger partial charge in [0, 0.05) is 49.7 Å². The first-order chi connectivity index (χ1) is 17.4. The number of likely N-dealkylation sites (tertiary alicyclic amines) is 1. The molecule has 2 aromatic rings. The minimum atomic E-state index is -3.53. The van der Waals surface area contributed by atoms with E-state index in [1.807, 2.05) is 4.90 Å². The molecule has 8 nitrogen and oxygen atoms in total. The van der Waals surface area contributed by atoms with E-state index in [1.165, 1.54) is 27.8 Å². The number of hydrogen-bond donors (Lipinski definition) is 1. The second-order valence-corrected chi connectivity index (χ2v) is 12.9. The van der Waals surface area contributed by atoms with E-state index >= 15 is 0 Å². The average Bonchev–Trinajstić information content (AvgIpc) is 3.65. The molecule has 2 fully saturated rings. The maximum absolute atomic E-state index is 13.5. The number of hydrogen-bond acceptors (Lipinski definition) is 6. The van der Waals surface area contributed by atoms with Crippen LogP contribution < -0.4 is 5.32 Å². The topological polar surface area (TPSA) is 90.0 Å². The van der Waals surface area contributed by atoms with E-state index in [0.29, 0.717) is 29.2 Å². The molecule has 0 saturated carbocycles. The SMILES string of the molecule is CCCN1CCc2c(sc(NC(=O)c3ccc(S(=O)(=O)N4CCCC4)cc3)c2C(=O)N2CCCC2)C1. The van der Waals surface area contributed by atoms with Gasteiger partial charge in [-0.2, -0.15) is 4.31 Å². The zero-order valence-electron chi connectivity index (χ0n) is 20.8. The number of benzene rings is 1.